The van der Waals surface area contributed by atoms with Crippen molar-refractivity contribution in [3.63, 3.8) is 0 Å². The number of nitrogens with zero attached hydrogens (tertiary/aromatic N) is 1. The lowest BCUT2D eigenvalue weighted by Crippen LogP contribution is -2.37. The van der Waals surface area contributed by atoms with E-state index in [0.717, 1.165) is 5.69 Å². The van der Waals surface area contributed by atoms with Crippen LogP contribution in [0.5, 0.6) is 0 Å². The number of anilines is 2. The van der Waals surface area contributed by atoms with Crippen molar-refractivity contribution >= 4 is 11.4 Å². The maximum Gasteiger partial charge on any atom is 0.253 e. The van der Waals surface area contributed by atoms with Crippen LogP contribution in [0.2, 0.25) is 0 Å². The molecule has 0 saturated carbocycles. The fraction of sp³-hybridized carbons (Fsp3) is 0.308. The smallest absolute Gasteiger partial charge is 0.253 e. The van der Waals surface area contributed by atoms with Gasteiger partial charge >= 0.3 is 0 Å². The van der Waals surface area contributed by atoms with Gasteiger partial charge < -0.3 is 15.7 Å². The van der Waals surface area contributed by atoms with E-state index in [1.165, 1.54) is 0 Å². The predicted molar refractivity (Wildman–Crippen MR) is 73.1 cm³/mol. The molecule has 0 bridgehead atoms. The van der Waals surface area contributed by atoms with Crippen LogP contribution in [-0.4, -0.2) is 23.2 Å². The lowest BCUT2D eigenvalue weighted by Gasteiger charge is -2.14. The number of rotatable bonds is 7. The van der Waals surface area contributed by atoms with Crippen molar-refractivity contribution in [3.8, 4) is 0 Å². The Balaban J connectivity index is 1.99. The highest BCUT2D eigenvalue weighted by Gasteiger charge is 2.19. The summed E-state index contributed by atoms with van der Waals surface area (Å²) in [6.07, 6.45) is 2.19. The normalized spacial score (nSPS) is 10.6. The van der Waals surface area contributed by atoms with Gasteiger partial charge in [0, 0.05) is 19.3 Å². The van der Waals surface area contributed by atoms with Gasteiger partial charge in [0.15, 0.2) is 0 Å². The summed E-state index contributed by atoms with van der Waals surface area (Å²) in [7, 11) is 0. The summed E-state index contributed by atoms with van der Waals surface area (Å²) in [5.41, 5.74) is 0.365. The summed E-state index contributed by atoms with van der Waals surface area (Å²) in [5, 5.41) is 14.4. The van der Waals surface area contributed by atoms with E-state index < -0.39 is 10.9 Å². The SMILES string of the molecule is O=c1c(NCCCO)c(NCc2ccccn2)c1=O. The third kappa shape index (κ3) is 2.97. The highest BCUT2D eigenvalue weighted by atomic mass is 16.3. The molecule has 1 aromatic heterocycles. The number of hydrogen-bond donors (Lipinski definition) is 3. The molecule has 0 aliphatic rings. The molecule has 0 fully saturated rings. The third-order valence-electron chi connectivity index (χ3n) is 2.72. The van der Waals surface area contributed by atoms with Gasteiger partial charge in [-0.15, -0.1) is 0 Å². The molecule has 6 nitrogen and oxygen atoms in total. The van der Waals surface area contributed by atoms with Gasteiger partial charge in [0.1, 0.15) is 11.4 Å². The Morgan fingerprint density at radius 3 is 2.47 bits per heavy atom. The molecule has 1 heterocycles. The Bertz CT molecular complexity index is 603. The zero-order chi connectivity index (χ0) is 13.7. The molecule has 0 spiro atoms. The second-order valence-corrected chi connectivity index (χ2v) is 4.09. The first-order valence-corrected chi connectivity index (χ1v) is 6.06. The lowest BCUT2D eigenvalue weighted by molar-refractivity contribution is 0.292. The van der Waals surface area contributed by atoms with Gasteiger partial charge in [0.05, 0.1) is 12.2 Å². The standard InChI is InChI=1S/C13H15N3O3/c17-7-3-6-15-10-11(13(19)12(10)18)16-8-9-4-1-2-5-14-9/h1-2,4-5,15-17H,3,6-8H2. The highest BCUT2D eigenvalue weighted by molar-refractivity contribution is 5.73. The van der Waals surface area contributed by atoms with Crippen molar-refractivity contribution in [2.45, 2.75) is 13.0 Å². The Labute approximate surface area is 109 Å². The molecule has 0 aliphatic heterocycles. The maximum absolute atomic E-state index is 11.4. The minimum absolute atomic E-state index is 0.0408. The molecular formula is C13H15N3O3. The number of aromatic nitrogens is 1. The van der Waals surface area contributed by atoms with E-state index in [2.05, 4.69) is 15.6 Å². The topological polar surface area (TPSA) is 91.3 Å². The average Bonchev–Trinajstić information content (AvgIpc) is 2.46. The minimum atomic E-state index is -0.513. The van der Waals surface area contributed by atoms with Crippen LogP contribution < -0.4 is 21.5 Å². The summed E-state index contributed by atoms with van der Waals surface area (Å²) in [5.74, 6) is 0. The zero-order valence-electron chi connectivity index (χ0n) is 10.3. The molecule has 2 rings (SSSR count). The molecule has 2 aromatic rings. The van der Waals surface area contributed by atoms with Crippen LogP contribution in [0.1, 0.15) is 12.1 Å². The van der Waals surface area contributed by atoms with Crippen molar-refractivity contribution in [3.05, 3.63) is 50.5 Å². The van der Waals surface area contributed by atoms with Gasteiger partial charge in [-0.3, -0.25) is 14.6 Å². The molecule has 0 radical (unpaired) electrons. The van der Waals surface area contributed by atoms with Crippen molar-refractivity contribution < 1.29 is 5.11 Å². The molecule has 0 atom stereocenters. The van der Waals surface area contributed by atoms with Gasteiger partial charge in [-0.1, -0.05) is 6.07 Å². The minimum Gasteiger partial charge on any atom is -0.396 e. The van der Waals surface area contributed by atoms with Gasteiger partial charge in [-0.25, -0.2) is 0 Å². The van der Waals surface area contributed by atoms with Crippen molar-refractivity contribution in [2.24, 2.45) is 0 Å². The molecule has 6 heteroatoms. The first kappa shape index (κ1) is 13.2. The van der Waals surface area contributed by atoms with Crippen molar-refractivity contribution in [1.82, 2.24) is 4.98 Å². The largest absolute Gasteiger partial charge is 0.396 e. The molecule has 3 N–H and O–H groups in total. The number of aliphatic hydroxyl groups is 1. The van der Waals surface area contributed by atoms with Gasteiger partial charge in [-0.2, -0.15) is 0 Å². The molecule has 0 saturated heterocycles. The highest BCUT2D eigenvalue weighted by Crippen LogP contribution is 2.14. The van der Waals surface area contributed by atoms with Crippen LogP contribution in [0, 0.1) is 0 Å². The van der Waals surface area contributed by atoms with Crippen molar-refractivity contribution in [1.29, 1.82) is 0 Å². The van der Waals surface area contributed by atoms with E-state index in [1.807, 2.05) is 18.2 Å². The molecular weight excluding hydrogens is 246 g/mol. The van der Waals surface area contributed by atoms with Crippen LogP contribution >= 0.6 is 0 Å². The van der Waals surface area contributed by atoms with Crippen LogP contribution in [0.3, 0.4) is 0 Å². The van der Waals surface area contributed by atoms with E-state index >= 15 is 0 Å². The van der Waals surface area contributed by atoms with Crippen LogP contribution in [0.25, 0.3) is 0 Å². The Hall–Kier alpha value is -2.21. The molecule has 0 amide bonds. The Morgan fingerprint density at radius 1 is 1.11 bits per heavy atom. The zero-order valence-corrected chi connectivity index (χ0v) is 10.3. The summed E-state index contributed by atoms with van der Waals surface area (Å²) >= 11 is 0. The maximum atomic E-state index is 11.4. The molecule has 0 unspecified atom stereocenters. The summed E-state index contributed by atoms with van der Waals surface area (Å²) < 4.78 is 0. The second kappa shape index (κ2) is 6.10. The van der Waals surface area contributed by atoms with E-state index in [4.69, 9.17) is 5.11 Å². The fourth-order valence-corrected chi connectivity index (χ4v) is 1.70. The van der Waals surface area contributed by atoms with E-state index in [9.17, 15) is 9.59 Å². The lowest BCUT2D eigenvalue weighted by atomic mass is 10.2. The van der Waals surface area contributed by atoms with Crippen LogP contribution in [0.15, 0.2) is 34.0 Å². The Kier molecular flexibility index (Phi) is 4.25. The van der Waals surface area contributed by atoms with Crippen LogP contribution in [-0.2, 0) is 6.54 Å². The van der Waals surface area contributed by atoms with E-state index in [-0.39, 0.29) is 6.61 Å². The Morgan fingerprint density at radius 2 is 1.84 bits per heavy atom. The molecule has 1 aromatic carbocycles. The van der Waals surface area contributed by atoms with Gasteiger partial charge in [0.2, 0.25) is 0 Å². The summed E-state index contributed by atoms with van der Waals surface area (Å²) in [6.45, 7) is 0.888. The third-order valence-corrected chi connectivity index (χ3v) is 2.72. The monoisotopic (exact) mass is 261 g/mol. The predicted octanol–water partition coefficient (Wildman–Crippen LogP) is 0.0840. The number of aliphatic hydroxyl groups excluding tert-OH is 1. The molecule has 0 aliphatic carbocycles. The quantitative estimate of drug-likeness (QED) is 0.483. The number of nitrogens with one attached hydrogen (secondary N) is 2. The summed E-state index contributed by atoms with van der Waals surface area (Å²) in [4.78, 5) is 27.0. The number of hydrogen-bond acceptors (Lipinski definition) is 6. The van der Waals surface area contributed by atoms with Gasteiger partial charge in [0.25, 0.3) is 10.9 Å². The van der Waals surface area contributed by atoms with Crippen molar-refractivity contribution in [2.75, 3.05) is 23.8 Å². The number of pyridine rings is 1. The fourth-order valence-electron chi connectivity index (χ4n) is 1.70. The van der Waals surface area contributed by atoms with E-state index in [1.54, 1.807) is 6.20 Å². The first-order chi connectivity index (χ1) is 9.24. The van der Waals surface area contributed by atoms with Crippen LogP contribution in [0.4, 0.5) is 11.4 Å². The average molecular weight is 261 g/mol. The molecule has 100 valence electrons. The second-order valence-electron chi connectivity index (χ2n) is 4.09. The summed E-state index contributed by atoms with van der Waals surface area (Å²) in [6, 6.07) is 5.49. The van der Waals surface area contributed by atoms with E-state index in [0.29, 0.717) is 30.9 Å². The first-order valence-electron chi connectivity index (χ1n) is 6.06. The van der Waals surface area contributed by atoms with Gasteiger partial charge in [-0.05, 0) is 18.6 Å². The molecule has 19 heavy (non-hydrogen) atoms.